The predicted molar refractivity (Wildman–Crippen MR) is 127 cm³/mol. The van der Waals surface area contributed by atoms with Gasteiger partial charge in [-0.2, -0.15) is 22.0 Å². The number of carbonyl (C=O) groups is 2. The van der Waals surface area contributed by atoms with Crippen LogP contribution in [0.1, 0.15) is 68.9 Å². The van der Waals surface area contributed by atoms with Gasteiger partial charge in [0.15, 0.2) is 0 Å². The van der Waals surface area contributed by atoms with Crippen LogP contribution in [0, 0.1) is 40.9 Å². The number of hydrogen-bond donors (Lipinski definition) is 2. The third-order valence-electron chi connectivity index (χ3n) is 9.91. The van der Waals surface area contributed by atoms with Crippen LogP contribution in [0.4, 0.5) is 22.0 Å². The number of carboxylic acids is 1. The second kappa shape index (κ2) is 8.90. The number of rotatable bonds is 2. The van der Waals surface area contributed by atoms with Crippen LogP contribution in [0.2, 0.25) is 0 Å². The standard InChI is InChI=1S/C29H29F5O4/c1-26-15-22(17-5-2-16(3-6-17)4-11-24(36)37)25-20-10-8-19(35)14-18(20)7-9-21(25)23(26)12-13-27(26,38)28(30,31)29(32,33)34/h2-3,5-6,10,18,21-23,25,38H,7-9,12-15H2,1H3,(H,36,37)/t18?,21-,22-,23-,25?,26-,27-/m0/s1. The summed E-state index contributed by atoms with van der Waals surface area (Å²) in [5.41, 5.74) is -2.72. The molecule has 4 aliphatic rings. The average Bonchev–Trinajstić information content (AvgIpc) is 3.13. The van der Waals surface area contributed by atoms with Crippen LogP contribution in [-0.4, -0.2) is 39.7 Å². The normalized spacial score (nSPS) is 36.8. The lowest BCUT2D eigenvalue weighted by atomic mass is 9.47. The molecule has 0 aromatic heterocycles. The van der Waals surface area contributed by atoms with E-state index in [1.54, 1.807) is 24.3 Å². The lowest BCUT2D eigenvalue weighted by Crippen LogP contribution is -2.65. The molecule has 1 aromatic carbocycles. The van der Waals surface area contributed by atoms with Gasteiger partial charge in [-0.3, -0.25) is 4.79 Å². The van der Waals surface area contributed by atoms with Crippen molar-refractivity contribution in [3.05, 3.63) is 47.0 Å². The molecular weight excluding hydrogens is 507 g/mol. The minimum atomic E-state index is -5.89. The van der Waals surface area contributed by atoms with Gasteiger partial charge < -0.3 is 10.2 Å². The average molecular weight is 537 g/mol. The molecule has 3 saturated carbocycles. The van der Waals surface area contributed by atoms with E-state index in [0.717, 1.165) is 5.57 Å². The molecule has 7 atom stereocenters. The number of alkyl halides is 5. The van der Waals surface area contributed by atoms with E-state index in [-0.39, 0.29) is 42.8 Å². The summed E-state index contributed by atoms with van der Waals surface area (Å²) in [6.45, 7) is 1.39. The van der Waals surface area contributed by atoms with E-state index in [9.17, 15) is 27.9 Å². The van der Waals surface area contributed by atoms with Gasteiger partial charge in [0.2, 0.25) is 0 Å². The summed E-state index contributed by atoms with van der Waals surface area (Å²) in [6.07, 6.45) is -2.65. The maximum atomic E-state index is 15.0. The number of carbonyl (C=O) groups excluding carboxylic acids is 1. The Morgan fingerprint density at radius 1 is 1.08 bits per heavy atom. The van der Waals surface area contributed by atoms with E-state index in [4.69, 9.17) is 5.11 Å². The van der Waals surface area contributed by atoms with Crippen molar-refractivity contribution in [1.82, 2.24) is 0 Å². The molecule has 9 heteroatoms. The Balaban J connectivity index is 1.61. The summed E-state index contributed by atoms with van der Waals surface area (Å²) in [5.74, 6) is -3.19. The first-order chi connectivity index (χ1) is 17.7. The molecule has 4 nitrogen and oxygen atoms in total. The zero-order chi connectivity index (χ0) is 27.7. The zero-order valence-corrected chi connectivity index (χ0v) is 20.8. The van der Waals surface area contributed by atoms with Crippen molar-refractivity contribution >= 4 is 11.8 Å². The van der Waals surface area contributed by atoms with Crippen LogP contribution in [0.5, 0.6) is 0 Å². The first-order valence-corrected chi connectivity index (χ1v) is 12.9. The molecule has 4 aliphatic carbocycles. The van der Waals surface area contributed by atoms with Crippen LogP contribution in [0.25, 0.3) is 0 Å². The lowest BCUT2D eigenvalue weighted by molar-refractivity contribution is -0.363. The molecule has 38 heavy (non-hydrogen) atoms. The smallest absolute Gasteiger partial charge is 0.456 e. The van der Waals surface area contributed by atoms with Gasteiger partial charge in [0, 0.05) is 29.7 Å². The highest BCUT2D eigenvalue weighted by atomic mass is 19.4. The van der Waals surface area contributed by atoms with Crippen LogP contribution < -0.4 is 0 Å². The molecule has 0 amide bonds. The molecule has 5 rings (SSSR count). The minimum absolute atomic E-state index is 0.0296. The van der Waals surface area contributed by atoms with E-state index in [0.29, 0.717) is 30.4 Å². The van der Waals surface area contributed by atoms with Crippen LogP contribution in [-0.2, 0) is 9.59 Å². The minimum Gasteiger partial charge on any atom is -0.472 e. The first kappa shape index (κ1) is 26.9. The summed E-state index contributed by atoms with van der Waals surface area (Å²) in [7, 11) is 0. The first-order valence-electron chi connectivity index (χ1n) is 12.9. The van der Waals surface area contributed by atoms with E-state index in [2.05, 4.69) is 5.92 Å². The van der Waals surface area contributed by atoms with E-state index < -0.39 is 47.3 Å². The van der Waals surface area contributed by atoms with Gasteiger partial charge in [0.25, 0.3) is 0 Å². The number of carboxylic acid groups (broad SMARTS) is 1. The SMILES string of the molecule is C[C@]12C[C@@H](c3ccc(C#CC(=O)O)cc3)C3C4=CCC(=O)CC4CC[C@H]3[C@@H]1CC[C@@]2(O)C(F)(F)C(F)(F)F. The van der Waals surface area contributed by atoms with Crippen LogP contribution >= 0.6 is 0 Å². The molecule has 0 saturated heterocycles. The Bertz CT molecular complexity index is 1240. The third kappa shape index (κ3) is 3.90. The van der Waals surface area contributed by atoms with Crippen molar-refractivity contribution in [3.8, 4) is 11.8 Å². The number of ketones is 1. The number of allylic oxidation sites excluding steroid dienone is 2. The number of aliphatic carboxylic acids is 1. The van der Waals surface area contributed by atoms with Gasteiger partial charge in [-0.1, -0.05) is 36.6 Å². The van der Waals surface area contributed by atoms with E-state index >= 15 is 8.78 Å². The van der Waals surface area contributed by atoms with Gasteiger partial charge in [0.05, 0.1) is 0 Å². The van der Waals surface area contributed by atoms with Gasteiger partial charge in [0.1, 0.15) is 11.4 Å². The summed E-state index contributed by atoms with van der Waals surface area (Å²) in [4.78, 5) is 23.0. The summed E-state index contributed by atoms with van der Waals surface area (Å²) in [5, 5.41) is 20.1. The van der Waals surface area contributed by atoms with E-state index in [1.807, 2.05) is 12.0 Å². The largest absolute Gasteiger partial charge is 0.472 e. The number of fused-ring (bicyclic) bond motifs is 5. The molecular formula is C29H29F5O4. The summed E-state index contributed by atoms with van der Waals surface area (Å²) < 4.78 is 70.9. The van der Waals surface area contributed by atoms with Crippen LogP contribution in [0.15, 0.2) is 35.9 Å². The Morgan fingerprint density at radius 2 is 1.76 bits per heavy atom. The fourth-order valence-electron chi connectivity index (χ4n) is 8.23. The topological polar surface area (TPSA) is 74.6 Å². The fraction of sp³-hybridized carbons (Fsp3) is 0.586. The van der Waals surface area contributed by atoms with Gasteiger partial charge in [-0.15, -0.1) is 0 Å². The Morgan fingerprint density at radius 3 is 2.39 bits per heavy atom. The summed E-state index contributed by atoms with van der Waals surface area (Å²) >= 11 is 0. The highest BCUT2D eigenvalue weighted by Crippen LogP contribution is 2.71. The highest BCUT2D eigenvalue weighted by Gasteiger charge is 2.79. The number of aliphatic hydroxyl groups is 1. The van der Waals surface area contributed by atoms with Gasteiger partial charge in [-0.05, 0) is 79.4 Å². The Labute approximate surface area is 217 Å². The fourth-order valence-corrected chi connectivity index (χ4v) is 8.23. The second-order valence-electron chi connectivity index (χ2n) is 11.6. The van der Waals surface area contributed by atoms with Crippen molar-refractivity contribution in [2.45, 2.75) is 75.5 Å². The van der Waals surface area contributed by atoms with E-state index in [1.165, 1.54) is 6.92 Å². The third-order valence-corrected chi connectivity index (χ3v) is 9.91. The number of Topliss-reactive ketones (excluding diaryl/α,β-unsaturated/α-hetero) is 1. The predicted octanol–water partition coefficient (Wildman–Crippen LogP) is 5.89. The Kier molecular flexibility index (Phi) is 6.29. The molecule has 0 aliphatic heterocycles. The van der Waals surface area contributed by atoms with Crippen molar-refractivity contribution in [1.29, 1.82) is 0 Å². The quantitative estimate of drug-likeness (QED) is 0.281. The van der Waals surface area contributed by atoms with Crippen molar-refractivity contribution in [3.63, 3.8) is 0 Å². The number of halogens is 5. The monoisotopic (exact) mass is 536 g/mol. The molecule has 1 aromatic rings. The molecule has 0 heterocycles. The second-order valence-corrected chi connectivity index (χ2v) is 11.6. The van der Waals surface area contributed by atoms with Crippen LogP contribution in [0.3, 0.4) is 0 Å². The Hall–Kier alpha value is -2.73. The van der Waals surface area contributed by atoms with Crippen molar-refractivity contribution in [2.75, 3.05) is 0 Å². The highest BCUT2D eigenvalue weighted by molar-refractivity contribution is 5.87. The number of hydrogen-bond acceptors (Lipinski definition) is 3. The molecule has 204 valence electrons. The van der Waals surface area contributed by atoms with Gasteiger partial charge in [-0.25, -0.2) is 4.79 Å². The molecule has 3 fully saturated rings. The molecule has 0 radical (unpaired) electrons. The van der Waals surface area contributed by atoms with Gasteiger partial charge >= 0.3 is 18.1 Å². The molecule has 0 spiro atoms. The van der Waals surface area contributed by atoms with Crippen molar-refractivity contribution in [2.24, 2.45) is 29.1 Å². The molecule has 0 bridgehead atoms. The summed E-state index contributed by atoms with van der Waals surface area (Å²) in [6, 6.07) is 6.65. The lowest BCUT2D eigenvalue weighted by Gasteiger charge is -2.59. The molecule has 2 N–H and O–H groups in total. The number of benzene rings is 1. The molecule has 2 unspecified atom stereocenters. The van der Waals surface area contributed by atoms with Crippen molar-refractivity contribution < 1.29 is 41.8 Å². The maximum absolute atomic E-state index is 15.0. The maximum Gasteiger partial charge on any atom is 0.456 e. The zero-order valence-electron chi connectivity index (χ0n) is 20.8.